The Morgan fingerprint density at radius 3 is 2.43 bits per heavy atom. The molecule has 1 fully saturated rings. The first kappa shape index (κ1) is 16.0. The maximum absolute atomic E-state index is 3.49. The lowest BCUT2D eigenvalue weighted by molar-refractivity contribution is 0.859. The van der Waals surface area contributed by atoms with Crippen molar-refractivity contribution in [3.05, 3.63) is 66.2 Å². The minimum atomic E-state index is 0.961. The molecule has 0 bridgehead atoms. The van der Waals surface area contributed by atoms with Gasteiger partial charge in [0.2, 0.25) is 0 Å². The van der Waals surface area contributed by atoms with Gasteiger partial charge in [-0.1, -0.05) is 42.5 Å². The van der Waals surface area contributed by atoms with Gasteiger partial charge in [-0.2, -0.15) is 11.8 Å². The predicted molar refractivity (Wildman–Crippen MR) is 105 cm³/mol. The van der Waals surface area contributed by atoms with Gasteiger partial charge in [-0.25, -0.2) is 0 Å². The normalized spacial score (nSPS) is 15.0. The average molecular weight is 324 g/mol. The van der Waals surface area contributed by atoms with E-state index >= 15 is 0 Å². The SMILES string of the molecule is C(=C\c1ccccc1)/CCNc1ccc(N2CCSCC2)cc1. The van der Waals surface area contributed by atoms with Crippen molar-refractivity contribution in [1.82, 2.24) is 0 Å². The molecule has 2 aromatic rings. The molecule has 1 N–H and O–H groups in total. The fourth-order valence-electron chi connectivity index (χ4n) is 2.70. The zero-order valence-electron chi connectivity index (χ0n) is 13.4. The molecule has 0 spiro atoms. The van der Waals surface area contributed by atoms with Crippen LogP contribution in [-0.2, 0) is 0 Å². The summed E-state index contributed by atoms with van der Waals surface area (Å²) in [4.78, 5) is 2.48. The Bertz CT molecular complexity index is 601. The highest BCUT2D eigenvalue weighted by Crippen LogP contribution is 2.21. The molecule has 1 aliphatic rings. The van der Waals surface area contributed by atoms with Gasteiger partial charge in [-0.3, -0.25) is 0 Å². The molecule has 0 aliphatic carbocycles. The molecule has 0 aromatic heterocycles. The number of hydrogen-bond acceptors (Lipinski definition) is 3. The molecule has 1 aliphatic heterocycles. The Balaban J connectivity index is 1.42. The van der Waals surface area contributed by atoms with Gasteiger partial charge >= 0.3 is 0 Å². The summed E-state index contributed by atoms with van der Waals surface area (Å²) in [7, 11) is 0. The first-order valence-corrected chi connectivity index (χ1v) is 9.45. The highest BCUT2D eigenvalue weighted by Gasteiger charge is 2.10. The quantitative estimate of drug-likeness (QED) is 0.772. The fourth-order valence-corrected chi connectivity index (χ4v) is 3.60. The number of hydrogen-bond donors (Lipinski definition) is 1. The van der Waals surface area contributed by atoms with Gasteiger partial charge in [0.05, 0.1) is 0 Å². The third-order valence-electron chi connectivity index (χ3n) is 3.99. The number of rotatable bonds is 6. The lowest BCUT2D eigenvalue weighted by atomic mass is 10.2. The molecule has 0 amide bonds. The molecule has 0 saturated carbocycles. The van der Waals surface area contributed by atoms with Crippen LogP contribution in [0.5, 0.6) is 0 Å². The van der Waals surface area contributed by atoms with Crippen LogP contribution in [-0.4, -0.2) is 31.1 Å². The average Bonchev–Trinajstić information content (AvgIpc) is 2.64. The zero-order valence-corrected chi connectivity index (χ0v) is 14.3. The van der Waals surface area contributed by atoms with E-state index in [9.17, 15) is 0 Å². The summed E-state index contributed by atoms with van der Waals surface area (Å²) in [6.45, 7) is 3.30. The van der Waals surface area contributed by atoms with Crippen molar-refractivity contribution in [2.24, 2.45) is 0 Å². The Hall–Kier alpha value is -1.87. The summed E-state index contributed by atoms with van der Waals surface area (Å²) in [6.07, 6.45) is 5.43. The van der Waals surface area contributed by atoms with E-state index in [0.717, 1.165) is 13.0 Å². The number of anilines is 2. The largest absolute Gasteiger partial charge is 0.385 e. The van der Waals surface area contributed by atoms with Gasteiger partial charge in [-0.15, -0.1) is 0 Å². The highest BCUT2D eigenvalue weighted by atomic mass is 32.2. The molecule has 2 nitrogen and oxygen atoms in total. The van der Waals surface area contributed by atoms with Crippen LogP contribution in [0.1, 0.15) is 12.0 Å². The third kappa shape index (κ3) is 5.07. The van der Waals surface area contributed by atoms with Gasteiger partial charge in [0.15, 0.2) is 0 Å². The second-order valence-electron chi connectivity index (χ2n) is 5.67. The Labute approximate surface area is 143 Å². The molecule has 3 heteroatoms. The maximum Gasteiger partial charge on any atom is 0.0368 e. The van der Waals surface area contributed by atoms with E-state index in [0.29, 0.717) is 0 Å². The highest BCUT2D eigenvalue weighted by molar-refractivity contribution is 7.99. The maximum atomic E-state index is 3.49. The Kier molecular flexibility index (Phi) is 6.04. The van der Waals surface area contributed by atoms with E-state index < -0.39 is 0 Å². The van der Waals surface area contributed by atoms with E-state index in [1.807, 2.05) is 6.07 Å². The molecule has 1 heterocycles. The van der Waals surface area contributed by atoms with Crippen molar-refractivity contribution in [1.29, 1.82) is 0 Å². The number of nitrogens with one attached hydrogen (secondary N) is 1. The smallest absolute Gasteiger partial charge is 0.0368 e. The topological polar surface area (TPSA) is 15.3 Å². The number of benzene rings is 2. The van der Waals surface area contributed by atoms with Crippen molar-refractivity contribution in [2.45, 2.75) is 6.42 Å². The molecule has 23 heavy (non-hydrogen) atoms. The summed E-state index contributed by atoms with van der Waals surface area (Å²) in [6, 6.07) is 19.3. The molecule has 0 radical (unpaired) electrons. The number of thioether (sulfide) groups is 1. The molecule has 0 atom stereocenters. The van der Waals surface area contributed by atoms with Gasteiger partial charge in [0.25, 0.3) is 0 Å². The molecular formula is C20H24N2S. The monoisotopic (exact) mass is 324 g/mol. The summed E-state index contributed by atoms with van der Waals surface area (Å²) in [5.74, 6) is 2.49. The third-order valence-corrected chi connectivity index (χ3v) is 4.94. The van der Waals surface area contributed by atoms with E-state index in [1.165, 1.54) is 41.5 Å². The van der Waals surface area contributed by atoms with Crippen LogP contribution in [0.3, 0.4) is 0 Å². The van der Waals surface area contributed by atoms with E-state index in [4.69, 9.17) is 0 Å². The van der Waals surface area contributed by atoms with Gasteiger partial charge < -0.3 is 10.2 Å². The van der Waals surface area contributed by atoms with Crippen molar-refractivity contribution < 1.29 is 0 Å². The first-order chi connectivity index (χ1) is 11.4. The van der Waals surface area contributed by atoms with Crippen LogP contribution in [0.4, 0.5) is 11.4 Å². The van der Waals surface area contributed by atoms with Crippen LogP contribution in [0.2, 0.25) is 0 Å². The Morgan fingerprint density at radius 2 is 1.70 bits per heavy atom. The fraction of sp³-hybridized carbons (Fsp3) is 0.300. The molecule has 1 saturated heterocycles. The van der Waals surface area contributed by atoms with Crippen LogP contribution in [0.25, 0.3) is 6.08 Å². The van der Waals surface area contributed by atoms with Crippen molar-refractivity contribution in [3.63, 3.8) is 0 Å². The van der Waals surface area contributed by atoms with Crippen molar-refractivity contribution in [2.75, 3.05) is 41.4 Å². The van der Waals surface area contributed by atoms with Crippen molar-refractivity contribution in [3.8, 4) is 0 Å². The minimum absolute atomic E-state index is 0.961. The summed E-state index contributed by atoms with van der Waals surface area (Å²) >= 11 is 2.05. The van der Waals surface area contributed by atoms with Crippen LogP contribution < -0.4 is 10.2 Å². The summed E-state index contributed by atoms with van der Waals surface area (Å²) < 4.78 is 0. The summed E-state index contributed by atoms with van der Waals surface area (Å²) in [5, 5.41) is 3.49. The van der Waals surface area contributed by atoms with Gasteiger partial charge in [0.1, 0.15) is 0 Å². The predicted octanol–water partition coefficient (Wildman–Crippen LogP) is 4.76. The molecule has 0 unspecified atom stereocenters. The second kappa shape index (κ2) is 8.68. The molecule has 120 valence electrons. The summed E-state index contributed by atoms with van der Waals surface area (Å²) in [5.41, 5.74) is 3.81. The molecule has 2 aromatic carbocycles. The minimum Gasteiger partial charge on any atom is -0.385 e. The van der Waals surface area contributed by atoms with E-state index in [2.05, 4.69) is 82.7 Å². The Morgan fingerprint density at radius 1 is 0.957 bits per heavy atom. The van der Waals surface area contributed by atoms with Crippen LogP contribution in [0.15, 0.2) is 60.7 Å². The van der Waals surface area contributed by atoms with E-state index in [1.54, 1.807) is 0 Å². The lowest BCUT2D eigenvalue weighted by Crippen LogP contribution is -2.32. The zero-order chi connectivity index (χ0) is 15.7. The lowest BCUT2D eigenvalue weighted by Gasteiger charge is -2.28. The van der Waals surface area contributed by atoms with Crippen LogP contribution >= 0.6 is 11.8 Å². The van der Waals surface area contributed by atoms with E-state index in [-0.39, 0.29) is 0 Å². The van der Waals surface area contributed by atoms with Gasteiger partial charge in [-0.05, 0) is 36.2 Å². The van der Waals surface area contributed by atoms with Crippen molar-refractivity contribution >= 4 is 29.2 Å². The van der Waals surface area contributed by atoms with Crippen LogP contribution in [0, 0.1) is 0 Å². The second-order valence-corrected chi connectivity index (χ2v) is 6.90. The molecular weight excluding hydrogens is 300 g/mol. The number of nitrogens with zero attached hydrogens (tertiary/aromatic N) is 1. The first-order valence-electron chi connectivity index (χ1n) is 8.30. The molecule has 3 rings (SSSR count). The van der Waals surface area contributed by atoms with Gasteiger partial charge in [0, 0.05) is 42.5 Å². The standard InChI is InChI=1S/C20H24N2S/c1-2-6-18(7-3-1)8-4-5-13-21-19-9-11-20(12-10-19)22-14-16-23-17-15-22/h1-4,6-12,21H,5,13-17H2/b8-4+.